The Labute approximate surface area is 144 Å². The van der Waals surface area contributed by atoms with Crippen LogP contribution >= 0.6 is 11.3 Å². The fourth-order valence-corrected chi connectivity index (χ4v) is 3.03. The Morgan fingerprint density at radius 2 is 2.21 bits per heavy atom. The highest BCUT2D eigenvalue weighted by molar-refractivity contribution is 7.09. The zero-order valence-corrected chi connectivity index (χ0v) is 14.8. The lowest BCUT2D eigenvalue weighted by Crippen LogP contribution is -2.27. The van der Waals surface area contributed by atoms with Gasteiger partial charge in [0.05, 0.1) is 10.4 Å². The SMILES string of the molecule is Cc1nc(-c2noc3ccc(C(=O)NCCCN(C)C)cc23)cs1. The van der Waals surface area contributed by atoms with Gasteiger partial charge in [0.25, 0.3) is 5.91 Å². The maximum Gasteiger partial charge on any atom is 0.251 e. The van der Waals surface area contributed by atoms with Crippen LogP contribution in [0, 0.1) is 6.92 Å². The number of fused-ring (bicyclic) bond motifs is 1. The first-order valence-corrected chi connectivity index (χ1v) is 8.67. The average Bonchev–Trinajstić information content (AvgIpc) is 3.16. The maximum atomic E-state index is 12.3. The van der Waals surface area contributed by atoms with E-state index in [1.807, 2.05) is 32.5 Å². The van der Waals surface area contributed by atoms with Gasteiger partial charge >= 0.3 is 0 Å². The van der Waals surface area contributed by atoms with Crippen LogP contribution in [-0.4, -0.2) is 48.1 Å². The number of thiazole rings is 1. The number of hydrogen-bond acceptors (Lipinski definition) is 6. The summed E-state index contributed by atoms with van der Waals surface area (Å²) in [5.41, 5.74) is 2.71. The molecule has 0 radical (unpaired) electrons. The van der Waals surface area contributed by atoms with Crippen molar-refractivity contribution in [2.75, 3.05) is 27.2 Å². The number of aryl methyl sites for hydroxylation is 1. The largest absolute Gasteiger partial charge is 0.356 e. The molecule has 6 nitrogen and oxygen atoms in total. The number of aromatic nitrogens is 2. The van der Waals surface area contributed by atoms with E-state index < -0.39 is 0 Å². The summed E-state index contributed by atoms with van der Waals surface area (Å²) in [5.74, 6) is -0.0859. The van der Waals surface area contributed by atoms with Gasteiger partial charge in [-0.15, -0.1) is 11.3 Å². The molecule has 0 saturated carbocycles. The van der Waals surface area contributed by atoms with Gasteiger partial charge in [0.1, 0.15) is 11.4 Å². The number of nitrogens with one attached hydrogen (secondary N) is 1. The molecule has 7 heteroatoms. The molecule has 0 spiro atoms. The number of rotatable bonds is 6. The Morgan fingerprint density at radius 1 is 1.38 bits per heavy atom. The van der Waals surface area contributed by atoms with Crippen molar-refractivity contribution in [2.24, 2.45) is 0 Å². The fourth-order valence-electron chi connectivity index (χ4n) is 2.44. The minimum atomic E-state index is -0.0859. The van der Waals surface area contributed by atoms with Crippen molar-refractivity contribution in [2.45, 2.75) is 13.3 Å². The molecule has 0 aliphatic rings. The highest BCUT2D eigenvalue weighted by Gasteiger charge is 2.15. The van der Waals surface area contributed by atoms with Crippen LogP contribution in [0.3, 0.4) is 0 Å². The first-order chi connectivity index (χ1) is 11.5. The summed E-state index contributed by atoms with van der Waals surface area (Å²) in [4.78, 5) is 18.9. The lowest BCUT2D eigenvalue weighted by atomic mass is 10.1. The van der Waals surface area contributed by atoms with Crippen molar-refractivity contribution < 1.29 is 9.32 Å². The molecule has 1 amide bonds. The molecule has 0 fully saturated rings. The van der Waals surface area contributed by atoms with Crippen LogP contribution in [0.4, 0.5) is 0 Å². The van der Waals surface area contributed by atoms with Gasteiger partial charge in [-0.2, -0.15) is 0 Å². The molecule has 24 heavy (non-hydrogen) atoms. The van der Waals surface area contributed by atoms with Crippen molar-refractivity contribution in [1.29, 1.82) is 0 Å². The molecular weight excluding hydrogens is 324 g/mol. The lowest BCUT2D eigenvalue weighted by molar-refractivity contribution is 0.0952. The van der Waals surface area contributed by atoms with Gasteiger partial charge in [0.15, 0.2) is 5.58 Å². The molecule has 0 aliphatic heterocycles. The summed E-state index contributed by atoms with van der Waals surface area (Å²) in [5, 5.41) is 10.8. The molecular formula is C17H20N4O2S. The Hall–Kier alpha value is -2.25. The number of benzene rings is 1. The van der Waals surface area contributed by atoms with Crippen molar-refractivity contribution in [3.63, 3.8) is 0 Å². The quantitative estimate of drug-likeness (QED) is 0.696. The van der Waals surface area contributed by atoms with E-state index in [2.05, 4.69) is 20.4 Å². The predicted molar refractivity (Wildman–Crippen MR) is 95.4 cm³/mol. The van der Waals surface area contributed by atoms with Gasteiger partial charge < -0.3 is 14.7 Å². The first kappa shape index (κ1) is 16.6. The van der Waals surface area contributed by atoms with E-state index in [0.29, 0.717) is 23.4 Å². The topological polar surface area (TPSA) is 71.3 Å². The van der Waals surface area contributed by atoms with Crippen LogP contribution in [0.25, 0.3) is 22.4 Å². The first-order valence-electron chi connectivity index (χ1n) is 7.79. The third kappa shape index (κ3) is 3.63. The second-order valence-electron chi connectivity index (χ2n) is 5.91. The zero-order valence-electron chi connectivity index (χ0n) is 14.0. The van der Waals surface area contributed by atoms with Gasteiger partial charge in [0, 0.05) is 17.5 Å². The summed E-state index contributed by atoms with van der Waals surface area (Å²) < 4.78 is 5.35. The normalized spacial score (nSPS) is 11.3. The van der Waals surface area contributed by atoms with Crippen molar-refractivity contribution in [1.82, 2.24) is 20.4 Å². The van der Waals surface area contributed by atoms with Crippen LogP contribution in [0.2, 0.25) is 0 Å². The Kier molecular flexibility index (Phi) is 4.92. The van der Waals surface area contributed by atoms with E-state index in [-0.39, 0.29) is 5.91 Å². The average molecular weight is 344 g/mol. The third-order valence-electron chi connectivity index (χ3n) is 3.66. The summed E-state index contributed by atoms with van der Waals surface area (Å²) >= 11 is 1.56. The summed E-state index contributed by atoms with van der Waals surface area (Å²) in [7, 11) is 4.03. The second kappa shape index (κ2) is 7.11. The van der Waals surface area contributed by atoms with Crippen LogP contribution < -0.4 is 5.32 Å². The minimum Gasteiger partial charge on any atom is -0.356 e. The number of amides is 1. The molecule has 1 N–H and O–H groups in total. The zero-order chi connectivity index (χ0) is 17.1. The van der Waals surface area contributed by atoms with E-state index in [4.69, 9.17) is 4.52 Å². The van der Waals surface area contributed by atoms with E-state index in [0.717, 1.165) is 29.1 Å². The Balaban J connectivity index is 1.79. The minimum absolute atomic E-state index is 0.0859. The number of carbonyl (C=O) groups excluding carboxylic acids is 1. The molecule has 0 unspecified atom stereocenters. The molecule has 0 bridgehead atoms. The van der Waals surface area contributed by atoms with Gasteiger partial charge in [-0.05, 0) is 52.2 Å². The van der Waals surface area contributed by atoms with Crippen LogP contribution in [0.5, 0.6) is 0 Å². The maximum absolute atomic E-state index is 12.3. The molecule has 2 heterocycles. The Morgan fingerprint density at radius 3 is 2.92 bits per heavy atom. The van der Waals surface area contributed by atoms with E-state index in [1.165, 1.54) is 0 Å². The summed E-state index contributed by atoms with van der Waals surface area (Å²) in [6.07, 6.45) is 0.914. The van der Waals surface area contributed by atoms with Crippen molar-refractivity contribution >= 4 is 28.2 Å². The van der Waals surface area contributed by atoms with Crippen LogP contribution in [0.1, 0.15) is 21.8 Å². The highest BCUT2D eigenvalue weighted by Crippen LogP contribution is 2.29. The fraction of sp³-hybridized carbons (Fsp3) is 0.353. The molecule has 0 atom stereocenters. The lowest BCUT2D eigenvalue weighted by Gasteiger charge is -2.09. The molecule has 0 aliphatic carbocycles. The smallest absolute Gasteiger partial charge is 0.251 e. The van der Waals surface area contributed by atoms with Crippen molar-refractivity contribution in [3.05, 3.63) is 34.2 Å². The molecule has 3 aromatic rings. The molecule has 126 valence electrons. The van der Waals surface area contributed by atoms with E-state index in [9.17, 15) is 4.79 Å². The summed E-state index contributed by atoms with van der Waals surface area (Å²) in [6, 6.07) is 5.35. The molecule has 0 saturated heterocycles. The highest BCUT2D eigenvalue weighted by atomic mass is 32.1. The number of nitrogens with zero attached hydrogens (tertiary/aromatic N) is 3. The van der Waals surface area contributed by atoms with Gasteiger partial charge in [0.2, 0.25) is 0 Å². The standard InChI is InChI=1S/C17H20N4O2S/c1-11-19-14(10-24-11)16-13-9-12(5-6-15(13)23-20-16)17(22)18-7-4-8-21(2)3/h5-6,9-10H,4,7-8H2,1-3H3,(H,18,22). The van der Waals surface area contributed by atoms with Crippen molar-refractivity contribution in [3.8, 4) is 11.4 Å². The molecule has 2 aromatic heterocycles. The number of carbonyl (C=O) groups is 1. The van der Waals surface area contributed by atoms with Crippen LogP contribution in [-0.2, 0) is 0 Å². The predicted octanol–water partition coefficient (Wildman–Crippen LogP) is 2.94. The molecule has 3 rings (SSSR count). The number of hydrogen-bond donors (Lipinski definition) is 1. The third-order valence-corrected chi connectivity index (χ3v) is 4.43. The Bertz CT molecular complexity index is 853. The molecule has 1 aromatic carbocycles. The van der Waals surface area contributed by atoms with E-state index in [1.54, 1.807) is 23.5 Å². The van der Waals surface area contributed by atoms with E-state index >= 15 is 0 Å². The summed E-state index contributed by atoms with van der Waals surface area (Å²) in [6.45, 7) is 3.54. The van der Waals surface area contributed by atoms with Gasteiger partial charge in [-0.25, -0.2) is 4.98 Å². The van der Waals surface area contributed by atoms with Gasteiger partial charge in [-0.1, -0.05) is 5.16 Å². The second-order valence-corrected chi connectivity index (χ2v) is 6.97. The van der Waals surface area contributed by atoms with Gasteiger partial charge in [-0.3, -0.25) is 4.79 Å². The van der Waals surface area contributed by atoms with Crippen LogP contribution in [0.15, 0.2) is 28.1 Å². The monoisotopic (exact) mass is 344 g/mol.